The Hall–Kier alpha value is -7.74. The second kappa shape index (κ2) is 43.3. The molecule has 12 saturated carbocycles. The summed E-state index contributed by atoms with van der Waals surface area (Å²) in [4.78, 5) is 88.7. The summed E-state index contributed by atoms with van der Waals surface area (Å²) in [6, 6.07) is 48.9. The Labute approximate surface area is 756 Å². The zero-order chi connectivity index (χ0) is 92.0. The Morgan fingerprint density at radius 2 is 0.703 bits per heavy atom. The van der Waals surface area contributed by atoms with E-state index in [1.807, 2.05) is 38.1 Å². The molecule has 0 amide bonds. The number of esters is 5. The van der Waals surface area contributed by atoms with Crippen molar-refractivity contribution in [1.82, 2.24) is 0 Å². The van der Waals surface area contributed by atoms with E-state index in [0.717, 1.165) is 134 Å². The fourth-order valence-corrected chi connectivity index (χ4v) is 27.3. The number of fused-ring (bicyclic) bond motifs is 2. The van der Waals surface area contributed by atoms with Crippen LogP contribution in [-0.4, -0.2) is 185 Å². The molecule has 0 N–H and O–H groups in total. The van der Waals surface area contributed by atoms with E-state index < -0.39 is 90.4 Å². The second-order valence-electron chi connectivity index (χ2n) is 38.6. The molecule has 5 aromatic carbocycles. The predicted octanol–water partition coefficient (Wildman–Crippen LogP) is 19.8. The molecule has 7 atom stereocenters. The van der Waals surface area contributed by atoms with Crippen LogP contribution < -0.4 is 4.74 Å². The highest BCUT2D eigenvalue weighted by Gasteiger charge is 2.61. The van der Waals surface area contributed by atoms with Crippen molar-refractivity contribution < 1.29 is 126 Å². The molecule has 0 radical (unpaired) electrons. The third-order valence-electron chi connectivity index (χ3n) is 25.6. The zero-order valence-corrected chi connectivity index (χ0v) is 77.8. The highest BCUT2D eigenvalue weighted by Crippen LogP contribution is 2.64. The quantitative estimate of drug-likeness (QED) is 0.0201. The fraction of sp³-hybridized carbons (Fsp3) is 0.622. The maximum atomic E-state index is 13.2. The van der Waals surface area contributed by atoms with Crippen LogP contribution in [0.1, 0.15) is 172 Å². The molecule has 2 saturated heterocycles. The Balaban J connectivity index is 0.000000143. The molecule has 15 aliphatic rings. The normalized spacial score (nSPS) is 28.2. The van der Waals surface area contributed by atoms with Gasteiger partial charge in [-0.1, -0.05) is 78.9 Å². The van der Waals surface area contributed by atoms with E-state index in [-0.39, 0.29) is 94.4 Å². The SMILES string of the molecule is CC(C)(C)OC(=O)OCC12CC3CC(C1)C(OC(=O)C(C)(F)F)C(C3)C2.CC(C)(C)OC(=O)OCC12CC3CC(C1)C(OC(=O)COC(=O)C(C)(F)F)C(C3)C2.CCOC(C)OCC12CC3CC(C1)C(OC(=O)COC(=O)C(C)(F)F)C(C3)C2.c1ccc([S+]2CCOCC2)cc1.c1ccc([S+]2CCOCC2)cc1.c1ccc([S+]2c3ccccc3Oc3ccccc32)cc1. The maximum Gasteiger partial charge on any atom is 0.508 e. The van der Waals surface area contributed by atoms with Gasteiger partial charge in [0.25, 0.3) is 0 Å². The van der Waals surface area contributed by atoms with Gasteiger partial charge >= 0.3 is 59.9 Å². The fourth-order valence-electron chi connectivity index (χ4n) is 21.4. The molecule has 0 spiro atoms. The van der Waals surface area contributed by atoms with Gasteiger partial charge in [-0.15, -0.1) is 0 Å². The van der Waals surface area contributed by atoms with Crippen LogP contribution in [0.2, 0.25) is 0 Å². The minimum atomic E-state index is -3.65. The summed E-state index contributed by atoms with van der Waals surface area (Å²) in [5.41, 5.74) is -1.42. The lowest BCUT2D eigenvalue weighted by Crippen LogP contribution is -2.56. The van der Waals surface area contributed by atoms with Crippen LogP contribution in [0.5, 0.6) is 11.5 Å². The summed E-state index contributed by atoms with van der Waals surface area (Å²) in [5.74, 6) is -8.00. The molecule has 128 heavy (non-hydrogen) atoms. The number of alkyl halides is 6. The van der Waals surface area contributed by atoms with E-state index in [1.165, 1.54) is 47.5 Å². The molecular formula is C98H127F6O21S3+3. The van der Waals surface area contributed by atoms with Gasteiger partial charge in [0.2, 0.25) is 9.79 Å². The molecule has 21 nitrogen and oxygen atoms in total. The first kappa shape index (κ1) is 99.3. The maximum absolute atomic E-state index is 13.2. The molecule has 5 aromatic rings. The van der Waals surface area contributed by atoms with Crippen LogP contribution in [0.4, 0.5) is 35.9 Å². The minimum Gasteiger partial charge on any atom is -0.459 e. The first-order valence-corrected chi connectivity index (χ1v) is 49.3. The molecule has 702 valence electrons. The largest absolute Gasteiger partial charge is 0.508 e. The molecule has 30 heteroatoms. The highest BCUT2D eigenvalue weighted by molar-refractivity contribution is 7.97. The van der Waals surface area contributed by atoms with Gasteiger partial charge in [0.1, 0.15) is 76.6 Å². The summed E-state index contributed by atoms with van der Waals surface area (Å²) in [5, 5.41) is 0. The van der Waals surface area contributed by atoms with Gasteiger partial charge in [0.15, 0.2) is 45.7 Å². The molecule has 14 fully saturated rings. The van der Waals surface area contributed by atoms with Crippen molar-refractivity contribution >= 4 is 74.8 Å². The van der Waals surface area contributed by atoms with Crippen molar-refractivity contribution in [3.63, 3.8) is 0 Å². The smallest absolute Gasteiger partial charge is 0.459 e. The number of benzene rings is 5. The number of carbonyl (C=O) groups is 7. The summed E-state index contributed by atoms with van der Waals surface area (Å²) >= 11 is 0. The summed E-state index contributed by atoms with van der Waals surface area (Å²) in [6.07, 6.45) is 10.9. The molecule has 3 aliphatic heterocycles. The lowest BCUT2D eigenvalue weighted by molar-refractivity contribution is -0.209. The molecule has 20 rings (SSSR count). The number of hydrogen-bond acceptors (Lipinski definition) is 21. The number of halogens is 6. The van der Waals surface area contributed by atoms with Gasteiger partial charge in [-0.3, -0.25) is 0 Å². The van der Waals surface area contributed by atoms with E-state index >= 15 is 0 Å². The number of ether oxygens (including phenoxy) is 14. The summed E-state index contributed by atoms with van der Waals surface area (Å²) in [7, 11) is 0.851. The zero-order valence-electron chi connectivity index (χ0n) is 75.4. The Morgan fingerprint density at radius 3 is 1.03 bits per heavy atom. The number of rotatable bonds is 22. The van der Waals surface area contributed by atoms with Gasteiger partial charge in [-0.05, 0) is 271 Å². The average molecular weight is 1850 g/mol. The lowest BCUT2D eigenvalue weighted by atomic mass is 9.48. The third-order valence-corrected chi connectivity index (χ3v) is 32.4. The predicted molar refractivity (Wildman–Crippen MR) is 470 cm³/mol. The number of carbonyl (C=O) groups excluding carboxylic acids is 7. The second-order valence-corrected chi connectivity index (χ2v) is 45.1. The van der Waals surface area contributed by atoms with Crippen LogP contribution in [0.25, 0.3) is 0 Å². The van der Waals surface area contributed by atoms with E-state index in [9.17, 15) is 59.9 Å². The van der Waals surface area contributed by atoms with Crippen LogP contribution >= 0.6 is 0 Å². The average Bonchev–Trinajstić information content (AvgIpc) is 0.735. The summed E-state index contributed by atoms with van der Waals surface area (Å²) < 4.78 is 152. The summed E-state index contributed by atoms with van der Waals surface area (Å²) in [6.45, 7) is 19.9. The highest BCUT2D eigenvalue weighted by atomic mass is 32.2. The van der Waals surface area contributed by atoms with Crippen molar-refractivity contribution in [2.45, 2.75) is 251 Å². The molecule has 0 aromatic heterocycles. The topological polar surface area (TPSA) is 249 Å². The Morgan fingerprint density at radius 1 is 0.391 bits per heavy atom. The monoisotopic (exact) mass is 1850 g/mol. The molecule has 7 unspecified atom stereocenters. The van der Waals surface area contributed by atoms with Crippen LogP contribution in [-0.2, 0) is 118 Å². The third kappa shape index (κ3) is 27.7. The van der Waals surface area contributed by atoms with Gasteiger partial charge in [0.05, 0.1) is 33.0 Å². The van der Waals surface area contributed by atoms with E-state index in [4.69, 9.17) is 56.8 Å². The molecule has 12 bridgehead atoms. The minimum absolute atomic E-state index is 0.0646. The van der Waals surface area contributed by atoms with Gasteiger partial charge in [0, 0.05) is 60.0 Å². The van der Waals surface area contributed by atoms with E-state index in [2.05, 4.69) is 125 Å². The van der Waals surface area contributed by atoms with E-state index in [0.29, 0.717) is 73.5 Å². The van der Waals surface area contributed by atoms with Gasteiger partial charge in [-0.25, -0.2) is 33.6 Å². The first-order chi connectivity index (χ1) is 60.6. The van der Waals surface area contributed by atoms with Gasteiger partial charge in [-0.2, -0.15) is 26.3 Å². The molecular weight excluding hydrogens is 1720 g/mol. The number of hydrogen-bond donors (Lipinski definition) is 0. The van der Waals surface area contributed by atoms with Gasteiger partial charge < -0.3 is 66.3 Å². The molecule has 12 aliphatic carbocycles. The van der Waals surface area contributed by atoms with Crippen molar-refractivity contribution in [2.75, 3.05) is 89.1 Å². The van der Waals surface area contributed by atoms with Crippen LogP contribution in [0.15, 0.2) is 164 Å². The Bertz CT molecular complexity index is 4340. The van der Waals surface area contributed by atoms with Crippen LogP contribution in [0.3, 0.4) is 0 Å². The van der Waals surface area contributed by atoms with E-state index in [1.54, 1.807) is 41.5 Å². The van der Waals surface area contributed by atoms with Crippen LogP contribution in [0, 0.1) is 69.5 Å². The van der Waals surface area contributed by atoms with Crippen molar-refractivity contribution in [1.29, 1.82) is 0 Å². The molecule has 3 heterocycles. The van der Waals surface area contributed by atoms with Crippen molar-refractivity contribution in [3.8, 4) is 11.5 Å². The number of para-hydroxylation sites is 2. The lowest BCUT2D eigenvalue weighted by Gasteiger charge is -2.59. The van der Waals surface area contributed by atoms with Crippen molar-refractivity contribution in [2.24, 2.45) is 69.5 Å². The standard InChI is InChI=1S/C21H30F2O7.C20H30F2O6.C19H28F2O5.C18H13OS.2C10H13OS/c1-19(2,3)30-18(26)28-11-21-7-12-5-13(8-21)16(14(6-12)9-21)29-15(24)10-27-17(25)20(4,22)23;1-4-25-12(2)27-11-20-7-13-5-14(8-20)17(15(6-13)9-20)28-16(23)10-26-18(24)19(3,21)22;1-17(2,3)26-16(23)24-10-19-7-11-5-12(8-19)14(13(6-11)9-19)25-15(22)18(4,20)21;1-2-8-14(9-3-1)20-17-12-6-4-10-15(17)19-16-11-5-7-13-18(16)20;2*1-2-4-10(5-3-1)12-8-6-11-7-9-12/h12-14,16H,5-11H2,1-4H3;12-15,17H,4-11H2,1-3H3;11-14H,5-10H2,1-4H3;1-13H;2*1-5H,6-9H2/q;;;3*+1. The first-order valence-electron chi connectivity index (χ1n) is 44.9. The Kier molecular flexibility index (Phi) is 33.6. The van der Waals surface area contributed by atoms with Crippen molar-refractivity contribution in [3.05, 3.63) is 140 Å².